The van der Waals surface area contributed by atoms with E-state index < -0.39 is 11.8 Å². The van der Waals surface area contributed by atoms with E-state index in [2.05, 4.69) is 0 Å². The molecule has 2 unspecified atom stereocenters. The summed E-state index contributed by atoms with van der Waals surface area (Å²) in [5.74, 6) is -4.60. The standard InChI is InChI=1S/C2H7O4P/c3-1(7)2(4,5)6/h1,3-6H,7H2. The van der Waals surface area contributed by atoms with Crippen LogP contribution in [0.5, 0.6) is 0 Å². The molecule has 5 heteroatoms. The molecule has 0 heterocycles. The molecule has 0 aromatic heterocycles. The summed E-state index contributed by atoms with van der Waals surface area (Å²) in [4.78, 5) is 0. The van der Waals surface area contributed by atoms with Gasteiger partial charge in [-0.3, -0.25) is 0 Å². The molecule has 0 saturated carbocycles. The molecule has 2 atom stereocenters. The second kappa shape index (κ2) is 2.03. The van der Waals surface area contributed by atoms with Crippen LogP contribution < -0.4 is 0 Å². The van der Waals surface area contributed by atoms with Crippen LogP contribution in [0.25, 0.3) is 0 Å². The van der Waals surface area contributed by atoms with Gasteiger partial charge in [-0.25, -0.2) is 0 Å². The molecule has 0 bridgehead atoms. The molecule has 0 aromatic rings. The quantitative estimate of drug-likeness (QED) is 0.237. The fraction of sp³-hybridized carbons (Fsp3) is 1.00. The van der Waals surface area contributed by atoms with Gasteiger partial charge >= 0.3 is 5.97 Å². The molecule has 0 aliphatic heterocycles. The lowest BCUT2D eigenvalue weighted by molar-refractivity contribution is -0.335. The van der Waals surface area contributed by atoms with Crippen LogP contribution in [-0.4, -0.2) is 32.2 Å². The van der Waals surface area contributed by atoms with Crippen molar-refractivity contribution in [3.8, 4) is 0 Å². The summed E-state index contributed by atoms with van der Waals surface area (Å²) in [5.41, 5.74) is 0. The van der Waals surface area contributed by atoms with E-state index in [1.54, 1.807) is 9.24 Å². The third-order valence-corrected chi connectivity index (χ3v) is 0.844. The monoisotopic (exact) mass is 126 g/mol. The van der Waals surface area contributed by atoms with E-state index in [1.807, 2.05) is 0 Å². The second-order valence-electron chi connectivity index (χ2n) is 1.13. The van der Waals surface area contributed by atoms with Gasteiger partial charge in [0.1, 0.15) is 5.85 Å². The van der Waals surface area contributed by atoms with Crippen molar-refractivity contribution in [3.63, 3.8) is 0 Å². The second-order valence-corrected chi connectivity index (χ2v) is 1.76. The van der Waals surface area contributed by atoms with Gasteiger partial charge in [0.05, 0.1) is 0 Å². The average Bonchev–Trinajstić information content (AvgIpc) is 1.31. The molecule has 0 saturated heterocycles. The molecule has 0 rings (SSSR count). The normalized spacial score (nSPS) is 16.7. The van der Waals surface area contributed by atoms with Crippen LogP contribution >= 0.6 is 9.24 Å². The minimum Gasteiger partial charge on any atom is -0.381 e. The smallest absolute Gasteiger partial charge is 0.306 e. The van der Waals surface area contributed by atoms with E-state index in [4.69, 9.17) is 20.4 Å². The zero-order chi connectivity index (χ0) is 6.08. The highest BCUT2D eigenvalue weighted by atomic mass is 31.0. The summed E-state index contributed by atoms with van der Waals surface area (Å²) in [6.45, 7) is 0. The molecule has 0 radical (unpaired) electrons. The Balaban J connectivity index is 3.54. The first-order valence-corrected chi connectivity index (χ1v) is 2.22. The van der Waals surface area contributed by atoms with Gasteiger partial charge in [-0.2, -0.15) is 0 Å². The van der Waals surface area contributed by atoms with Gasteiger partial charge in [0.15, 0.2) is 0 Å². The van der Waals surface area contributed by atoms with E-state index in [1.165, 1.54) is 0 Å². The van der Waals surface area contributed by atoms with E-state index in [0.29, 0.717) is 0 Å². The summed E-state index contributed by atoms with van der Waals surface area (Å²) in [6, 6.07) is 0. The van der Waals surface area contributed by atoms with Crippen LogP contribution in [0.15, 0.2) is 0 Å². The lowest BCUT2D eigenvalue weighted by Gasteiger charge is -2.15. The highest BCUT2D eigenvalue weighted by Gasteiger charge is 2.25. The molecule has 0 fully saturated rings. The zero-order valence-electron chi connectivity index (χ0n) is 3.44. The summed E-state index contributed by atoms with van der Waals surface area (Å²) in [6.07, 6.45) is 0. The van der Waals surface area contributed by atoms with E-state index in [0.717, 1.165) is 0 Å². The number of hydrogen-bond donors (Lipinski definition) is 4. The van der Waals surface area contributed by atoms with Crippen molar-refractivity contribution in [2.45, 2.75) is 11.8 Å². The van der Waals surface area contributed by atoms with Crippen molar-refractivity contribution < 1.29 is 20.4 Å². The van der Waals surface area contributed by atoms with Crippen LogP contribution in [0.1, 0.15) is 0 Å². The maximum absolute atomic E-state index is 8.10. The Labute approximate surface area is 42.6 Å². The van der Waals surface area contributed by atoms with Crippen LogP contribution in [0.4, 0.5) is 0 Å². The van der Waals surface area contributed by atoms with Crippen molar-refractivity contribution >= 4 is 9.24 Å². The van der Waals surface area contributed by atoms with Gasteiger partial charge in [-0.05, 0) is 0 Å². The molecule has 4 nitrogen and oxygen atoms in total. The van der Waals surface area contributed by atoms with E-state index in [9.17, 15) is 0 Å². The Hall–Kier alpha value is 0.270. The summed E-state index contributed by atoms with van der Waals surface area (Å²) < 4.78 is 0. The molecule has 4 N–H and O–H groups in total. The van der Waals surface area contributed by atoms with E-state index in [-0.39, 0.29) is 0 Å². The molecule has 7 heavy (non-hydrogen) atoms. The van der Waals surface area contributed by atoms with Gasteiger partial charge in [0.25, 0.3) is 0 Å². The average molecular weight is 126 g/mol. The SMILES string of the molecule is OC(P)C(O)(O)O. The van der Waals surface area contributed by atoms with Crippen molar-refractivity contribution in [1.82, 2.24) is 0 Å². The van der Waals surface area contributed by atoms with Gasteiger partial charge in [0, 0.05) is 0 Å². The number of rotatable bonds is 1. The number of aliphatic hydroxyl groups excluding tert-OH is 1. The topological polar surface area (TPSA) is 80.9 Å². The van der Waals surface area contributed by atoms with Crippen LogP contribution in [0.3, 0.4) is 0 Å². The predicted molar refractivity (Wildman–Crippen MR) is 25.1 cm³/mol. The predicted octanol–water partition coefficient (Wildman–Crippen LogP) is -2.19. The van der Waals surface area contributed by atoms with Gasteiger partial charge < -0.3 is 20.4 Å². The lowest BCUT2D eigenvalue weighted by atomic mass is 10.6. The van der Waals surface area contributed by atoms with Crippen molar-refractivity contribution in [2.75, 3.05) is 0 Å². The Kier molecular flexibility index (Phi) is 2.10. The fourth-order valence-electron chi connectivity index (χ4n) is 0. The Morgan fingerprint density at radius 2 is 1.43 bits per heavy atom. The molecule has 0 aliphatic carbocycles. The highest BCUT2D eigenvalue weighted by molar-refractivity contribution is 7.17. The van der Waals surface area contributed by atoms with Gasteiger partial charge in [-0.1, -0.05) is 9.24 Å². The van der Waals surface area contributed by atoms with Crippen molar-refractivity contribution in [1.29, 1.82) is 0 Å². The molecule has 44 valence electrons. The Morgan fingerprint density at radius 1 is 1.29 bits per heavy atom. The first-order chi connectivity index (χ1) is 2.94. The first kappa shape index (κ1) is 7.27. The minimum atomic E-state index is -2.98. The molecule has 0 aliphatic rings. The highest BCUT2D eigenvalue weighted by Crippen LogP contribution is 2.06. The van der Waals surface area contributed by atoms with Crippen LogP contribution in [-0.2, 0) is 0 Å². The van der Waals surface area contributed by atoms with Crippen LogP contribution in [0.2, 0.25) is 0 Å². The first-order valence-electron chi connectivity index (χ1n) is 1.55. The molecule has 0 spiro atoms. The van der Waals surface area contributed by atoms with E-state index >= 15 is 0 Å². The van der Waals surface area contributed by atoms with Gasteiger partial charge in [-0.15, -0.1) is 0 Å². The summed E-state index contributed by atoms with van der Waals surface area (Å²) in [5, 5.41) is 31.9. The maximum atomic E-state index is 8.10. The maximum Gasteiger partial charge on any atom is 0.306 e. The minimum absolute atomic E-state index is 1.61. The van der Waals surface area contributed by atoms with Gasteiger partial charge in [0.2, 0.25) is 0 Å². The summed E-state index contributed by atoms with van der Waals surface area (Å²) >= 11 is 0. The number of aliphatic hydroxyl groups is 4. The molecular formula is C2H7O4P. The fourth-order valence-corrected chi connectivity index (χ4v) is 0. The molecule has 0 aromatic carbocycles. The summed E-state index contributed by atoms with van der Waals surface area (Å²) in [7, 11) is 1.61. The number of hydrogen-bond acceptors (Lipinski definition) is 4. The van der Waals surface area contributed by atoms with Crippen molar-refractivity contribution in [2.24, 2.45) is 0 Å². The zero-order valence-corrected chi connectivity index (χ0v) is 4.60. The Morgan fingerprint density at radius 3 is 1.43 bits per heavy atom. The largest absolute Gasteiger partial charge is 0.381 e. The third-order valence-electron chi connectivity index (χ3n) is 0.397. The Bertz CT molecular complexity index is 55.2. The molecule has 0 amide bonds. The van der Waals surface area contributed by atoms with Crippen LogP contribution in [0, 0.1) is 0 Å². The lowest BCUT2D eigenvalue weighted by Crippen LogP contribution is -2.37. The van der Waals surface area contributed by atoms with Crippen molar-refractivity contribution in [3.05, 3.63) is 0 Å². The molecular weight excluding hydrogens is 119 g/mol. The third kappa shape index (κ3) is 2.91.